The van der Waals surface area contributed by atoms with Gasteiger partial charge >= 0.3 is 0 Å². The molecule has 3 rings (SSSR count). The van der Waals surface area contributed by atoms with Crippen LogP contribution in [0.3, 0.4) is 0 Å². The number of nitrogens with zero attached hydrogens (tertiary/aromatic N) is 4. The second kappa shape index (κ2) is 6.26. The summed E-state index contributed by atoms with van der Waals surface area (Å²) < 4.78 is 1.87. The Hall–Kier alpha value is -1.88. The molecule has 21 heavy (non-hydrogen) atoms. The summed E-state index contributed by atoms with van der Waals surface area (Å²) in [7, 11) is 3.89. The molecule has 0 spiro atoms. The van der Waals surface area contributed by atoms with Gasteiger partial charge in [0.25, 0.3) is 0 Å². The summed E-state index contributed by atoms with van der Waals surface area (Å²) in [6.07, 6.45) is 6.41. The molecule has 0 aliphatic carbocycles. The summed E-state index contributed by atoms with van der Waals surface area (Å²) in [5, 5.41) is 7.61. The van der Waals surface area contributed by atoms with Gasteiger partial charge in [0, 0.05) is 39.6 Å². The number of hydrogen-bond acceptors (Lipinski definition) is 4. The van der Waals surface area contributed by atoms with E-state index in [0.717, 1.165) is 31.1 Å². The van der Waals surface area contributed by atoms with Crippen molar-refractivity contribution < 1.29 is 0 Å². The van der Waals surface area contributed by atoms with Crippen LogP contribution in [0.25, 0.3) is 0 Å². The quantitative estimate of drug-likeness (QED) is 0.936. The first-order valence-electron chi connectivity index (χ1n) is 7.59. The van der Waals surface area contributed by atoms with Crippen molar-refractivity contribution in [1.29, 1.82) is 0 Å². The van der Waals surface area contributed by atoms with E-state index < -0.39 is 0 Å². The zero-order valence-electron chi connectivity index (χ0n) is 12.8. The Morgan fingerprint density at radius 2 is 2.29 bits per heavy atom. The summed E-state index contributed by atoms with van der Waals surface area (Å²) in [5.41, 5.74) is 2.55. The molecule has 2 aromatic rings. The summed E-state index contributed by atoms with van der Waals surface area (Å²) in [5.74, 6) is 1.55. The van der Waals surface area contributed by atoms with E-state index >= 15 is 0 Å². The fourth-order valence-electron chi connectivity index (χ4n) is 3.09. The predicted octanol–water partition coefficient (Wildman–Crippen LogP) is 2.24. The fraction of sp³-hybridized carbons (Fsp3) is 0.500. The van der Waals surface area contributed by atoms with Crippen molar-refractivity contribution in [1.82, 2.24) is 19.7 Å². The number of hydrogen-bond donors (Lipinski definition) is 1. The molecule has 1 aliphatic rings. The van der Waals surface area contributed by atoms with E-state index in [1.165, 1.54) is 18.4 Å². The van der Waals surface area contributed by atoms with Crippen LogP contribution in [0.2, 0.25) is 0 Å². The van der Waals surface area contributed by atoms with Gasteiger partial charge < -0.3 is 5.32 Å². The molecule has 0 radical (unpaired) electrons. The molecule has 3 heterocycles. The molecular formula is C16H23N5. The van der Waals surface area contributed by atoms with Crippen LogP contribution in [0, 0.1) is 0 Å². The minimum atomic E-state index is 0.595. The zero-order chi connectivity index (χ0) is 14.7. The number of aromatic nitrogens is 3. The van der Waals surface area contributed by atoms with E-state index in [-0.39, 0.29) is 0 Å². The molecule has 0 saturated carbocycles. The second-order valence-electron chi connectivity index (χ2n) is 5.78. The van der Waals surface area contributed by atoms with Gasteiger partial charge in [-0.05, 0) is 49.1 Å². The van der Waals surface area contributed by atoms with Crippen molar-refractivity contribution in [2.75, 3.05) is 25.5 Å². The van der Waals surface area contributed by atoms with Gasteiger partial charge in [-0.1, -0.05) is 0 Å². The molecule has 1 fully saturated rings. The van der Waals surface area contributed by atoms with E-state index in [0.29, 0.717) is 5.92 Å². The first-order valence-corrected chi connectivity index (χ1v) is 7.59. The number of nitrogens with one attached hydrogen (secondary N) is 1. The number of aryl methyl sites for hydroxylation is 1. The number of likely N-dealkylation sites (tertiary alicyclic amines) is 1. The molecule has 112 valence electrons. The SMILES string of the molecule is CNc1cc([C@H]2CCCN(Cc3ccn(C)n3)C2)ccn1. The van der Waals surface area contributed by atoms with Crippen molar-refractivity contribution in [2.24, 2.45) is 7.05 Å². The minimum Gasteiger partial charge on any atom is -0.373 e. The van der Waals surface area contributed by atoms with Gasteiger partial charge in [0.15, 0.2) is 0 Å². The average molecular weight is 285 g/mol. The van der Waals surface area contributed by atoms with Crippen LogP contribution in [0.4, 0.5) is 5.82 Å². The van der Waals surface area contributed by atoms with E-state index in [2.05, 4.69) is 38.5 Å². The zero-order valence-corrected chi connectivity index (χ0v) is 12.8. The Kier molecular flexibility index (Phi) is 4.20. The van der Waals surface area contributed by atoms with Crippen LogP contribution in [-0.4, -0.2) is 39.8 Å². The van der Waals surface area contributed by atoms with E-state index in [4.69, 9.17) is 0 Å². The Morgan fingerprint density at radius 1 is 1.38 bits per heavy atom. The van der Waals surface area contributed by atoms with Crippen LogP contribution in [0.1, 0.15) is 30.0 Å². The van der Waals surface area contributed by atoms with Gasteiger partial charge in [-0.15, -0.1) is 0 Å². The third-order valence-electron chi connectivity index (χ3n) is 4.17. The molecule has 5 nitrogen and oxygen atoms in total. The highest BCUT2D eigenvalue weighted by molar-refractivity contribution is 5.38. The number of pyridine rings is 1. The Balaban J connectivity index is 1.67. The van der Waals surface area contributed by atoms with Crippen molar-refractivity contribution in [3.05, 3.63) is 41.9 Å². The molecule has 0 unspecified atom stereocenters. The minimum absolute atomic E-state index is 0.595. The van der Waals surface area contributed by atoms with Gasteiger partial charge in [-0.25, -0.2) is 4.98 Å². The Bertz CT molecular complexity index is 592. The van der Waals surface area contributed by atoms with Crippen molar-refractivity contribution in [3.63, 3.8) is 0 Å². The third kappa shape index (κ3) is 3.42. The Morgan fingerprint density at radius 3 is 3.05 bits per heavy atom. The first kappa shape index (κ1) is 14.1. The molecular weight excluding hydrogens is 262 g/mol. The second-order valence-corrected chi connectivity index (χ2v) is 5.78. The predicted molar refractivity (Wildman–Crippen MR) is 84.2 cm³/mol. The van der Waals surface area contributed by atoms with Crippen molar-refractivity contribution in [2.45, 2.75) is 25.3 Å². The third-order valence-corrected chi connectivity index (χ3v) is 4.17. The van der Waals surface area contributed by atoms with Crippen LogP contribution in [-0.2, 0) is 13.6 Å². The van der Waals surface area contributed by atoms with Gasteiger partial charge in [-0.2, -0.15) is 5.10 Å². The number of piperidine rings is 1. The van der Waals surface area contributed by atoms with E-state index in [1.54, 1.807) is 0 Å². The first-order chi connectivity index (χ1) is 10.2. The number of anilines is 1. The van der Waals surface area contributed by atoms with Gasteiger partial charge in [0.05, 0.1) is 5.69 Å². The smallest absolute Gasteiger partial charge is 0.125 e. The normalized spacial score (nSPS) is 19.6. The lowest BCUT2D eigenvalue weighted by atomic mass is 9.91. The van der Waals surface area contributed by atoms with E-state index in [9.17, 15) is 0 Å². The molecule has 1 saturated heterocycles. The van der Waals surface area contributed by atoms with Crippen LogP contribution in [0.15, 0.2) is 30.6 Å². The largest absolute Gasteiger partial charge is 0.373 e. The molecule has 1 N–H and O–H groups in total. The van der Waals surface area contributed by atoms with E-state index in [1.807, 2.05) is 31.2 Å². The maximum absolute atomic E-state index is 4.48. The molecule has 0 bridgehead atoms. The maximum Gasteiger partial charge on any atom is 0.125 e. The standard InChI is InChI=1S/C16H23N5/c1-17-16-10-13(5-7-18-16)14-4-3-8-21(11-14)12-15-6-9-20(2)19-15/h5-7,9-10,14H,3-4,8,11-12H2,1-2H3,(H,17,18)/t14-/m0/s1. The lowest BCUT2D eigenvalue weighted by Crippen LogP contribution is -2.34. The summed E-state index contributed by atoms with van der Waals surface area (Å²) >= 11 is 0. The lowest BCUT2D eigenvalue weighted by molar-refractivity contribution is 0.197. The highest BCUT2D eigenvalue weighted by atomic mass is 15.3. The van der Waals surface area contributed by atoms with Crippen molar-refractivity contribution >= 4 is 5.82 Å². The summed E-state index contributed by atoms with van der Waals surface area (Å²) in [4.78, 5) is 6.81. The highest BCUT2D eigenvalue weighted by Crippen LogP contribution is 2.28. The summed E-state index contributed by atoms with van der Waals surface area (Å²) in [6.45, 7) is 3.21. The van der Waals surface area contributed by atoms with Gasteiger partial charge in [-0.3, -0.25) is 9.58 Å². The number of rotatable bonds is 4. The van der Waals surface area contributed by atoms with Crippen molar-refractivity contribution in [3.8, 4) is 0 Å². The molecule has 1 atom stereocenters. The molecule has 1 aliphatic heterocycles. The van der Waals surface area contributed by atoms with Crippen LogP contribution in [0.5, 0.6) is 0 Å². The lowest BCUT2D eigenvalue weighted by Gasteiger charge is -2.32. The topological polar surface area (TPSA) is 46.0 Å². The summed E-state index contributed by atoms with van der Waals surface area (Å²) in [6, 6.07) is 6.43. The Labute approximate surface area is 126 Å². The molecule has 0 amide bonds. The highest BCUT2D eigenvalue weighted by Gasteiger charge is 2.22. The van der Waals surface area contributed by atoms with Crippen LogP contribution >= 0.6 is 0 Å². The molecule has 0 aromatic carbocycles. The van der Waals surface area contributed by atoms with Gasteiger partial charge in [0.2, 0.25) is 0 Å². The average Bonchev–Trinajstić information content (AvgIpc) is 2.93. The molecule has 5 heteroatoms. The maximum atomic E-state index is 4.48. The molecule has 2 aromatic heterocycles. The van der Waals surface area contributed by atoms with Crippen LogP contribution < -0.4 is 5.32 Å². The monoisotopic (exact) mass is 285 g/mol. The fourth-order valence-corrected chi connectivity index (χ4v) is 3.09. The van der Waals surface area contributed by atoms with Gasteiger partial charge in [0.1, 0.15) is 5.82 Å².